The fraction of sp³-hybridized carbons (Fsp3) is 0.667. The first kappa shape index (κ1) is 15.2. The van der Waals surface area contributed by atoms with Gasteiger partial charge in [0.2, 0.25) is 0 Å². The predicted molar refractivity (Wildman–Crippen MR) is 60.8 cm³/mol. The van der Waals surface area contributed by atoms with Crippen molar-refractivity contribution in [3.05, 3.63) is 0 Å². The van der Waals surface area contributed by atoms with Crippen LogP contribution in [-0.2, 0) is 19.1 Å². The maximum Gasteiger partial charge on any atom is 0.344 e. The molecule has 0 bridgehead atoms. The summed E-state index contributed by atoms with van der Waals surface area (Å²) in [4.78, 5) is 21.1. The van der Waals surface area contributed by atoms with Gasteiger partial charge in [0.05, 0.1) is 18.9 Å². The summed E-state index contributed by atoms with van der Waals surface area (Å²) in [5.41, 5.74) is -0.0901. The van der Waals surface area contributed by atoms with Crippen LogP contribution in [0.3, 0.4) is 0 Å². The Labute approximate surface area is 104 Å². The SMILES string of the molecule is CCOC(=O)C(Cl)(C(=O)OCC)C(C)=NCl. The molecule has 0 aromatic carbocycles. The molecule has 0 amide bonds. The highest BCUT2D eigenvalue weighted by Gasteiger charge is 2.50. The van der Waals surface area contributed by atoms with Gasteiger partial charge in [-0.1, -0.05) is 11.6 Å². The van der Waals surface area contributed by atoms with Crippen LogP contribution in [0.15, 0.2) is 4.51 Å². The Morgan fingerprint density at radius 2 is 1.56 bits per heavy atom. The number of carbonyl (C=O) groups excluding carboxylic acids is 2. The first-order valence-corrected chi connectivity index (χ1v) is 5.36. The second kappa shape index (κ2) is 6.70. The van der Waals surface area contributed by atoms with E-state index in [0.29, 0.717) is 0 Å². The van der Waals surface area contributed by atoms with Crippen molar-refractivity contribution in [2.75, 3.05) is 13.2 Å². The minimum absolute atomic E-state index is 0.0856. The second-order valence-corrected chi connectivity index (χ2v) is 3.51. The van der Waals surface area contributed by atoms with Crippen LogP contribution in [0.5, 0.6) is 0 Å². The number of nitrogens with zero attached hydrogens (tertiary/aromatic N) is 1. The molecule has 0 aliphatic rings. The molecule has 0 atom stereocenters. The molecule has 92 valence electrons. The Kier molecular flexibility index (Phi) is 6.36. The van der Waals surface area contributed by atoms with E-state index < -0.39 is 16.8 Å². The van der Waals surface area contributed by atoms with Gasteiger partial charge in [0.1, 0.15) is 0 Å². The Bertz CT molecular complexity index is 286. The highest BCUT2D eigenvalue weighted by atomic mass is 35.5. The molecule has 0 saturated heterocycles. The van der Waals surface area contributed by atoms with Crippen molar-refractivity contribution in [1.29, 1.82) is 0 Å². The molecule has 0 aliphatic heterocycles. The number of carbonyl (C=O) groups is 2. The molecule has 0 aromatic heterocycles. The van der Waals surface area contributed by atoms with E-state index in [1.54, 1.807) is 13.8 Å². The molecule has 0 N–H and O–H groups in total. The van der Waals surface area contributed by atoms with E-state index in [1.807, 2.05) is 0 Å². The lowest BCUT2D eigenvalue weighted by molar-refractivity contribution is -0.155. The van der Waals surface area contributed by atoms with E-state index in [-0.39, 0.29) is 18.9 Å². The highest BCUT2D eigenvalue weighted by Crippen LogP contribution is 2.23. The summed E-state index contributed by atoms with van der Waals surface area (Å²) >= 11 is 11.1. The van der Waals surface area contributed by atoms with Gasteiger partial charge in [0, 0.05) is 11.8 Å². The maximum atomic E-state index is 11.6. The third-order valence-electron chi connectivity index (χ3n) is 1.74. The summed E-state index contributed by atoms with van der Waals surface area (Å²) in [6.07, 6.45) is 0. The van der Waals surface area contributed by atoms with Gasteiger partial charge in [0.25, 0.3) is 4.87 Å². The van der Waals surface area contributed by atoms with Crippen LogP contribution in [0, 0.1) is 0 Å². The topological polar surface area (TPSA) is 65.0 Å². The van der Waals surface area contributed by atoms with E-state index in [9.17, 15) is 9.59 Å². The first-order chi connectivity index (χ1) is 7.44. The van der Waals surface area contributed by atoms with Crippen LogP contribution in [0.2, 0.25) is 0 Å². The molecular formula is C9H13Cl2NO4. The molecule has 5 nitrogen and oxygen atoms in total. The third-order valence-corrected chi connectivity index (χ3v) is 2.57. The standard InChI is InChI=1S/C9H13Cl2NO4/c1-4-15-7(13)9(10,6(3)12-11)8(14)16-5-2/h4-5H2,1-3H3. The monoisotopic (exact) mass is 269 g/mol. The minimum Gasteiger partial charge on any atom is -0.464 e. The lowest BCUT2D eigenvalue weighted by atomic mass is 10.0. The summed E-state index contributed by atoms with van der Waals surface area (Å²) in [5, 5.41) is 0. The molecule has 7 heteroatoms. The number of hydrogen-bond donors (Lipinski definition) is 0. The van der Waals surface area contributed by atoms with Crippen molar-refractivity contribution in [3.63, 3.8) is 0 Å². The summed E-state index contributed by atoms with van der Waals surface area (Å²) < 4.78 is 12.6. The van der Waals surface area contributed by atoms with Crippen LogP contribution in [0.1, 0.15) is 20.8 Å². The van der Waals surface area contributed by atoms with E-state index in [2.05, 4.69) is 14.0 Å². The van der Waals surface area contributed by atoms with Gasteiger partial charge < -0.3 is 9.47 Å². The molecule has 16 heavy (non-hydrogen) atoms. The van der Waals surface area contributed by atoms with Crippen LogP contribution in [0.4, 0.5) is 0 Å². The van der Waals surface area contributed by atoms with Crippen molar-refractivity contribution >= 4 is 41.0 Å². The highest BCUT2D eigenvalue weighted by molar-refractivity contribution is 6.57. The fourth-order valence-corrected chi connectivity index (χ4v) is 1.22. The van der Waals surface area contributed by atoms with Crippen molar-refractivity contribution < 1.29 is 19.1 Å². The molecule has 0 aliphatic carbocycles. The average Bonchev–Trinajstić information content (AvgIpc) is 2.27. The Morgan fingerprint density at radius 3 is 1.81 bits per heavy atom. The van der Waals surface area contributed by atoms with Crippen LogP contribution in [-0.4, -0.2) is 35.7 Å². The van der Waals surface area contributed by atoms with E-state index in [1.165, 1.54) is 6.92 Å². The van der Waals surface area contributed by atoms with E-state index in [0.717, 1.165) is 0 Å². The van der Waals surface area contributed by atoms with Crippen molar-refractivity contribution in [1.82, 2.24) is 0 Å². The Hall–Kier alpha value is -0.810. The number of rotatable bonds is 5. The van der Waals surface area contributed by atoms with Gasteiger partial charge in [-0.2, -0.15) is 4.51 Å². The Balaban J connectivity index is 5.19. The molecule has 0 spiro atoms. The maximum absolute atomic E-state index is 11.6. The molecular weight excluding hydrogens is 257 g/mol. The predicted octanol–water partition coefficient (Wildman–Crippen LogP) is 1.70. The van der Waals surface area contributed by atoms with Gasteiger partial charge in [-0.05, 0) is 20.8 Å². The molecule has 0 rings (SSSR count). The van der Waals surface area contributed by atoms with Gasteiger partial charge in [-0.3, -0.25) is 0 Å². The summed E-state index contributed by atoms with van der Waals surface area (Å²) in [6, 6.07) is 0. The zero-order chi connectivity index (χ0) is 12.8. The van der Waals surface area contributed by atoms with E-state index >= 15 is 0 Å². The van der Waals surface area contributed by atoms with Crippen LogP contribution in [0.25, 0.3) is 0 Å². The second-order valence-electron chi connectivity index (χ2n) is 2.77. The van der Waals surface area contributed by atoms with E-state index in [4.69, 9.17) is 23.4 Å². The quantitative estimate of drug-likeness (QED) is 0.330. The molecule has 0 aromatic rings. The van der Waals surface area contributed by atoms with Crippen LogP contribution >= 0.6 is 23.4 Å². The molecule has 0 fully saturated rings. The number of hydrogen-bond acceptors (Lipinski definition) is 5. The van der Waals surface area contributed by atoms with Gasteiger partial charge in [-0.25, -0.2) is 9.59 Å². The van der Waals surface area contributed by atoms with Crippen molar-refractivity contribution in [2.45, 2.75) is 25.6 Å². The largest absolute Gasteiger partial charge is 0.464 e. The third kappa shape index (κ3) is 3.09. The zero-order valence-corrected chi connectivity index (χ0v) is 10.8. The number of esters is 2. The lowest BCUT2D eigenvalue weighted by Gasteiger charge is -2.21. The normalized spacial score (nSPS) is 12.2. The van der Waals surface area contributed by atoms with Gasteiger partial charge >= 0.3 is 11.9 Å². The fourth-order valence-electron chi connectivity index (χ4n) is 0.898. The minimum atomic E-state index is -2.10. The molecule has 0 unspecified atom stereocenters. The van der Waals surface area contributed by atoms with Crippen molar-refractivity contribution in [3.8, 4) is 0 Å². The zero-order valence-electron chi connectivity index (χ0n) is 9.25. The van der Waals surface area contributed by atoms with Gasteiger partial charge in [-0.15, -0.1) is 0 Å². The van der Waals surface area contributed by atoms with Crippen molar-refractivity contribution in [2.24, 2.45) is 4.51 Å². The van der Waals surface area contributed by atoms with Crippen LogP contribution < -0.4 is 0 Å². The number of halogens is 2. The first-order valence-electron chi connectivity index (χ1n) is 4.64. The summed E-state index contributed by atoms with van der Waals surface area (Å²) in [5.74, 6) is -1.89. The summed E-state index contributed by atoms with van der Waals surface area (Å²) in [7, 11) is 0. The number of alkyl halides is 1. The molecule has 0 saturated carbocycles. The average molecular weight is 270 g/mol. The Morgan fingerprint density at radius 1 is 1.19 bits per heavy atom. The lowest BCUT2D eigenvalue weighted by Crippen LogP contribution is -2.49. The molecule has 0 radical (unpaired) electrons. The molecule has 0 heterocycles. The van der Waals surface area contributed by atoms with Gasteiger partial charge in [0.15, 0.2) is 0 Å². The smallest absolute Gasteiger partial charge is 0.344 e. The number of ether oxygens (including phenoxy) is 2. The summed E-state index contributed by atoms with van der Waals surface area (Å²) in [6.45, 7) is 4.69.